The Labute approximate surface area is 120 Å². The van der Waals surface area contributed by atoms with E-state index in [0.29, 0.717) is 30.4 Å². The molecule has 0 aliphatic carbocycles. The van der Waals surface area contributed by atoms with Gasteiger partial charge < -0.3 is 9.67 Å². The number of carbonyl (C=O) groups is 1. The first kappa shape index (κ1) is 15.0. The Hall–Kier alpha value is -2.38. The van der Waals surface area contributed by atoms with Crippen LogP contribution in [0.1, 0.15) is 25.7 Å². The van der Waals surface area contributed by atoms with Crippen LogP contribution in [-0.4, -0.2) is 29.8 Å². The van der Waals surface area contributed by atoms with Gasteiger partial charge in [0.1, 0.15) is 0 Å². The molecule has 0 bridgehead atoms. The number of aliphatic carboxylic acids is 1. The SMILES string of the molecule is Cn1cnc2c1c(=O)n(CCCCCC(=O)O)c(=O)n2C. The molecule has 0 spiro atoms. The summed E-state index contributed by atoms with van der Waals surface area (Å²) in [6, 6.07) is 0. The molecule has 0 saturated heterocycles. The van der Waals surface area contributed by atoms with E-state index < -0.39 is 11.7 Å². The lowest BCUT2D eigenvalue weighted by atomic mass is 10.2. The van der Waals surface area contributed by atoms with Gasteiger partial charge in [-0.1, -0.05) is 6.42 Å². The molecule has 0 aromatic carbocycles. The summed E-state index contributed by atoms with van der Waals surface area (Å²) in [5.74, 6) is -0.834. The molecule has 2 aromatic rings. The van der Waals surface area contributed by atoms with E-state index in [4.69, 9.17) is 5.11 Å². The van der Waals surface area contributed by atoms with Crippen molar-refractivity contribution in [2.24, 2.45) is 14.1 Å². The minimum Gasteiger partial charge on any atom is -0.481 e. The molecule has 0 radical (unpaired) electrons. The summed E-state index contributed by atoms with van der Waals surface area (Å²) < 4.78 is 4.14. The van der Waals surface area contributed by atoms with E-state index in [1.165, 1.54) is 15.5 Å². The molecule has 2 rings (SSSR count). The van der Waals surface area contributed by atoms with Crippen molar-refractivity contribution in [3.8, 4) is 0 Å². The fourth-order valence-corrected chi connectivity index (χ4v) is 2.32. The third-order valence-electron chi connectivity index (χ3n) is 3.47. The Balaban J connectivity index is 2.24. The Kier molecular flexibility index (Phi) is 4.25. The van der Waals surface area contributed by atoms with Crippen LogP contribution < -0.4 is 11.2 Å². The molecule has 114 valence electrons. The molecule has 8 heteroatoms. The van der Waals surface area contributed by atoms with Crippen molar-refractivity contribution in [1.82, 2.24) is 18.7 Å². The van der Waals surface area contributed by atoms with Crippen LogP contribution in [0.15, 0.2) is 15.9 Å². The highest BCUT2D eigenvalue weighted by atomic mass is 16.4. The first-order valence-electron chi connectivity index (χ1n) is 6.76. The monoisotopic (exact) mass is 294 g/mol. The minimum absolute atomic E-state index is 0.105. The maximum Gasteiger partial charge on any atom is 0.332 e. The largest absolute Gasteiger partial charge is 0.481 e. The zero-order valence-corrected chi connectivity index (χ0v) is 12.1. The van der Waals surface area contributed by atoms with E-state index >= 15 is 0 Å². The molecule has 0 fully saturated rings. The fourth-order valence-electron chi connectivity index (χ4n) is 2.32. The minimum atomic E-state index is -0.834. The second-order valence-corrected chi connectivity index (χ2v) is 5.03. The number of rotatable bonds is 6. The highest BCUT2D eigenvalue weighted by molar-refractivity contribution is 5.69. The highest BCUT2D eigenvalue weighted by Gasteiger charge is 2.14. The normalized spacial score (nSPS) is 11.1. The molecule has 0 aliphatic heterocycles. The van der Waals surface area contributed by atoms with E-state index in [-0.39, 0.29) is 18.5 Å². The molecule has 0 saturated carbocycles. The molecule has 0 amide bonds. The Morgan fingerprint density at radius 1 is 1.24 bits per heavy atom. The molecule has 0 atom stereocenters. The summed E-state index contributed by atoms with van der Waals surface area (Å²) >= 11 is 0. The van der Waals surface area contributed by atoms with Crippen LogP contribution in [0.4, 0.5) is 0 Å². The number of nitrogens with zero attached hydrogens (tertiary/aromatic N) is 4. The van der Waals surface area contributed by atoms with Crippen LogP contribution in [-0.2, 0) is 25.4 Å². The van der Waals surface area contributed by atoms with Gasteiger partial charge in [-0.3, -0.25) is 18.7 Å². The summed E-state index contributed by atoms with van der Waals surface area (Å²) in [5, 5.41) is 8.56. The third kappa shape index (κ3) is 2.88. The summed E-state index contributed by atoms with van der Waals surface area (Å²) in [7, 11) is 3.29. The first-order chi connectivity index (χ1) is 9.93. The van der Waals surface area contributed by atoms with Crippen LogP contribution in [0.3, 0.4) is 0 Å². The van der Waals surface area contributed by atoms with E-state index in [2.05, 4.69) is 4.98 Å². The predicted molar refractivity (Wildman–Crippen MR) is 76.3 cm³/mol. The van der Waals surface area contributed by atoms with Crippen LogP contribution in [0.5, 0.6) is 0 Å². The van der Waals surface area contributed by atoms with Crippen molar-refractivity contribution in [3.05, 3.63) is 27.2 Å². The van der Waals surface area contributed by atoms with Gasteiger partial charge in [-0.05, 0) is 12.8 Å². The van der Waals surface area contributed by atoms with Crippen molar-refractivity contribution in [1.29, 1.82) is 0 Å². The van der Waals surface area contributed by atoms with Crippen LogP contribution in [0.2, 0.25) is 0 Å². The van der Waals surface area contributed by atoms with Gasteiger partial charge in [0.25, 0.3) is 5.56 Å². The van der Waals surface area contributed by atoms with Gasteiger partial charge in [-0.25, -0.2) is 9.78 Å². The Bertz CT molecular complexity index is 784. The van der Waals surface area contributed by atoms with Crippen molar-refractivity contribution < 1.29 is 9.90 Å². The molecule has 2 aromatic heterocycles. The average molecular weight is 294 g/mol. The van der Waals surface area contributed by atoms with E-state index in [1.807, 2.05) is 0 Å². The zero-order valence-electron chi connectivity index (χ0n) is 12.1. The van der Waals surface area contributed by atoms with E-state index in [1.54, 1.807) is 18.7 Å². The molecule has 0 aliphatic rings. The Morgan fingerprint density at radius 2 is 1.95 bits per heavy atom. The lowest BCUT2D eigenvalue weighted by Crippen LogP contribution is -2.39. The van der Waals surface area contributed by atoms with Crippen LogP contribution in [0, 0.1) is 0 Å². The molecule has 2 heterocycles. The number of aromatic nitrogens is 4. The first-order valence-corrected chi connectivity index (χ1v) is 6.76. The van der Waals surface area contributed by atoms with Crippen molar-refractivity contribution in [2.45, 2.75) is 32.2 Å². The van der Waals surface area contributed by atoms with Crippen LogP contribution in [0.25, 0.3) is 11.2 Å². The predicted octanol–water partition coefficient (Wildman–Crippen LogP) is 0.0787. The maximum atomic E-state index is 12.4. The lowest BCUT2D eigenvalue weighted by Gasteiger charge is -2.08. The van der Waals surface area contributed by atoms with Gasteiger partial charge in [0, 0.05) is 27.1 Å². The second kappa shape index (κ2) is 5.94. The number of hydrogen-bond acceptors (Lipinski definition) is 4. The number of carboxylic acid groups (broad SMARTS) is 1. The van der Waals surface area contributed by atoms with Gasteiger partial charge in [-0.15, -0.1) is 0 Å². The number of imidazole rings is 1. The molecule has 8 nitrogen and oxygen atoms in total. The molecular weight excluding hydrogens is 276 g/mol. The fraction of sp³-hybridized carbons (Fsp3) is 0.538. The van der Waals surface area contributed by atoms with Gasteiger partial charge in [0.15, 0.2) is 11.2 Å². The molecule has 0 unspecified atom stereocenters. The quantitative estimate of drug-likeness (QED) is 0.761. The smallest absolute Gasteiger partial charge is 0.332 e. The van der Waals surface area contributed by atoms with Gasteiger partial charge in [-0.2, -0.15) is 0 Å². The zero-order chi connectivity index (χ0) is 15.6. The highest BCUT2D eigenvalue weighted by Crippen LogP contribution is 2.04. The summed E-state index contributed by atoms with van der Waals surface area (Å²) in [6.07, 6.45) is 3.39. The molecular formula is C13H18N4O4. The standard InChI is InChI=1S/C13H18N4O4/c1-15-8-14-11-10(15)12(20)17(13(21)16(11)2)7-5-3-4-6-9(18)19/h8H,3-7H2,1-2H3,(H,18,19). The number of aryl methyl sites for hydroxylation is 2. The second-order valence-electron chi connectivity index (χ2n) is 5.03. The lowest BCUT2D eigenvalue weighted by molar-refractivity contribution is -0.137. The van der Waals surface area contributed by atoms with E-state index in [9.17, 15) is 14.4 Å². The average Bonchev–Trinajstić information content (AvgIpc) is 2.81. The number of unbranched alkanes of at least 4 members (excludes halogenated alkanes) is 2. The summed E-state index contributed by atoms with van der Waals surface area (Å²) in [4.78, 5) is 39.0. The van der Waals surface area contributed by atoms with E-state index in [0.717, 1.165) is 0 Å². The van der Waals surface area contributed by atoms with Crippen molar-refractivity contribution in [2.75, 3.05) is 0 Å². The maximum absolute atomic E-state index is 12.4. The number of carboxylic acids is 1. The van der Waals surface area contributed by atoms with Gasteiger partial charge in [0.2, 0.25) is 0 Å². The van der Waals surface area contributed by atoms with Gasteiger partial charge in [0.05, 0.1) is 6.33 Å². The third-order valence-corrected chi connectivity index (χ3v) is 3.47. The number of fused-ring (bicyclic) bond motifs is 1. The van der Waals surface area contributed by atoms with Crippen molar-refractivity contribution >= 4 is 17.1 Å². The number of hydrogen-bond donors (Lipinski definition) is 1. The molecule has 21 heavy (non-hydrogen) atoms. The topological polar surface area (TPSA) is 99.1 Å². The van der Waals surface area contributed by atoms with Gasteiger partial charge >= 0.3 is 11.7 Å². The molecule has 1 N–H and O–H groups in total. The van der Waals surface area contributed by atoms with Crippen LogP contribution >= 0.6 is 0 Å². The summed E-state index contributed by atoms with van der Waals surface area (Å²) in [6.45, 7) is 0.284. The Morgan fingerprint density at radius 3 is 2.62 bits per heavy atom. The summed E-state index contributed by atoms with van der Waals surface area (Å²) in [5.41, 5.74) is 0.00744. The van der Waals surface area contributed by atoms with Crippen molar-refractivity contribution in [3.63, 3.8) is 0 Å².